The van der Waals surface area contributed by atoms with Gasteiger partial charge in [0.15, 0.2) is 0 Å². The molecular formula is C21H30ClN3O4. The van der Waals surface area contributed by atoms with E-state index in [1.807, 2.05) is 15.9 Å². The standard InChI is InChI=1S/C21H30ClN3O4/c1-28-13-12-25-9-6-18(21(25)27)23-7-3-8-24(11-10-23)20(26)15-16-4-5-19(29-2)17(22)14-16/h4-5,14,18H,3,6-13,15H2,1-2H3. The van der Waals surface area contributed by atoms with Crippen molar-refractivity contribution in [2.75, 3.05) is 60.1 Å². The van der Waals surface area contributed by atoms with Crippen molar-refractivity contribution in [3.63, 3.8) is 0 Å². The minimum atomic E-state index is -0.0673. The lowest BCUT2D eigenvalue weighted by atomic mass is 10.1. The summed E-state index contributed by atoms with van der Waals surface area (Å²) in [7, 11) is 3.22. The predicted octanol–water partition coefficient (Wildman–Crippen LogP) is 1.67. The Hall–Kier alpha value is -1.83. The summed E-state index contributed by atoms with van der Waals surface area (Å²) in [6.45, 7) is 4.92. The minimum Gasteiger partial charge on any atom is -0.495 e. The summed E-state index contributed by atoms with van der Waals surface area (Å²) in [5.74, 6) is 0.885. The minimum absolute atomic E-state index is 0.0673. The molecule has 0 radical (unpaired) electrons. The fourth-order valence-electron chi connectivity index (χ4n) is 4.09. The van der Waals surface area contributed by atoms with Gasteiger partial charge in [-0.3, -0.25) is 14.5 Å². The highest BCUT2D eigenvalue weighted by atomic mass is 35.5. The summed E-state index contributed by atoms with van der Waals surface area (Å²) in [6.07, 6.45) is 2.04. The molecule has 1 aromatic rings. The van der Waals surface area contributed by atoms with E-state index in [1.165, 1.54) is 0 Å². The molecule has 1 atom stereocenters. The largest absolute Gasteiger partial charge is 0.495 e. The number of carbonyl (C=O) groups is 2. The van der Waals surface area contributed by atoms with Gasteiger partial charge >= 0.3 is 0 Å². The molecule has 0 bridgehead atoms. The summed E-state index contributed by atoms with van der Waals surface area (Å²) in [6, 6.07) is 5.38. The molecule has 0 aliphatic carbocycles. The molecule has 2 aliphatic rings. The van der Waals surface area contributed by atoms with E-state index in [4.69, 9.17) is 21.1 Å². The first kappa shape index (κ1) is 21.9. The summed E-state index contributed by atoms with van der Waals surface area (Å²) in [5.41, 5.74) is 0.877. The molecule has 1 unspecified atom stereocenters. The highest BCUT2D eigenvalue weighted by Gasteiger charge is 2.36. The maximum Gasteiger partial charge on any atom is 0.240 e. The van der Waals surface area contributed by atoms with Crippen LogP contribution in [0.15, 0.2) is 18.2 Å². The Morgan fingerprint density at radius 1 is 1.17 bits per heavy atom. The van der Waals surface area contributed by atoms with Gasteiger partial charge in [0.05, 0.1) is 31.2 Å². The summed E-state index contributed by atoms with van der Waals surface area (Å²) in [4.78, 5) is 31.5. The fraction of sp³-hybridized carbons (Fsp3) is 0.619. The van der Waals surface area contributed by atoms with Crippen molar-refractivity contribution >= 4 is 23.4 Å². The molecule has 0 spiro atoms. The van der Waals surface area contributed by atoms with Crippen molar-refractivity contribution < 1.29 is 19.1 Å². The molecule has 2 saturated heterocycles. The van der Waals surface area contributed by atoms with Crippen molar-refractivity contribution in [1.29, 1.82) is 0 Å². The van der Waals surface area contributed by atoms with Gasteiger partial charge in [-0.2, -0.15) is 0 Å². The van der Waals surface area contributed by atoms with Crippen LogP contribution in [0.4, 0.5) is 0 Å². The Kier molecular flexibility index (Phi) is 7.75. The fourth-order valence-corrected chi connectivity index (χ4v) is 4.37. The zero-order chi connectivity index (χ0) is 20.8. The van der Waals surface area contributed by atoms with Gasteiger partial charge in [-0.15, -0.1) is 0 Å². The third-order valence-corrected chi connectivity index (χ3v) is 6.03. The molecule has 3 rings (SSSR count). The Balaban J connectivity index is 1.53. The van der Waals surface area contributed by atoms with Crippen molar-refractivity contribution in [3.05, 3.63) is 28.8 Å². The Labute approximate surface area is 177 Å². The summed E-state index contributed by atoms with van der Waals surface area (Å²) < 4.78 is 10.3. The number of amides is 2. The van der Waals surface area contributed by atoms with E-state index in [9.17, 15) is 9.59 Å². The van der Waals surface area contributed by atoms with Crippen molar-refractivity contribution in [2.45, 2.75) is 25.3 Å². The van der Waals surface area contributed by atoms with Gasteiger partial charge in [-0.25, -0.2) is 0 Å². The number of rotatable bonds is 7. The molecule has 8 heteroatoms. The van der Waals surface area contributed by atoms with Crippen LogP contribution in [0.25, 0.3) is 0 Å². The average Bonchev–Trinajstić information content (AvgIpc) is 2.91. The van der Waals surface area contributed by atoms with Gasteiger partial charge in [0.1, 0.15) is 5.75 Å². The first-order valence-electron chi connectivity index (χ1n) is 10.2. The number of likely N-dealkylation sites (tertiary alicyclic amines) is 1. The second kappa shape index (κ2) is 10.3. The molecule has 0 N–H and O–H groups in total. The van der Waals surface area contributed by atoms with Crippen LogP contribution in [0.1, 0.15) is 18.4 Å². The molecule has 2 heterocycles. The monoisotopic (exact) mass is 423 g/mol. The molecule has 29 heavy (non-hydrogen) atoms. The highest BCUT2D eigenvalue weighted by molar-refractivity contribution is 6.32. The maximum absolute atomic E-state index is 12.8. The normalized spacial score (nSPS) is 20.8. The third kappa shape index (κ3) is 5.41. The third-order valence-electron chi connectivity index (χ3n) is 5.73. The van der Waals surface area contributed by atoms with Gasteiger partial charge in [0, 0.05) is 46.4 Å². The van der Waals surface area contributed by atoms with Crippen LogP contribution in [0, 0.1) is 0 Å². The molecule has 1 aromatic carbocycles. The lowest BCUT2D eigenvalue weighted by molar-refractivity contribution is -0.132. The SMILES string of the molecule is COCCN1CCC(N2CCCN(C(=O)Cc3ccc(OC)c(Cl)c3)CC2)C1=O. The van der Waals surface area contributed by atoms with Gasteiger partial charge in [-0.1, -0.05) is 17.7 Å². The van der Waals surface area contributed by atoms with Crippen LogP contribution in [0.5, 0.6) is 5.75 Å². The van der Waals surface area contributed by atoms with Crippen molar-refractivity contribution in [3.8, 4) is 5.75 Å². The van der Waals surface area contributed by atoms with Gasteiger partial charge in [-0.05, 0) is 30.5 Å². The van der Waals surface area contributed by atoms with E-state index >= 15 is 0 Å². The van der Waals surface area contributed by atoms with Gasteiger partial charge in [0.2, 0.25) is 11.8 Å². The quantitative estimate of drug-likeness (QED) is 0.667. The number of ether oxygens (including phenoxy) is 2. The number of benzene rings is 1. The predicted molar refractivity (Wildman–Crippen MR) is 111 cm³/mol. The van der Waals surface area contributed by atoms with Gasteiger partial charge in [0.25, 0.3) is 0 Å². The Morgan fingerprint density at radius 2 is 2.00 bits per heavy atom. The van der Waals surface area contributed by atoms with Crippen LogP contribution >= 0.6 is 11.6 Å². The smallest absolute Gasteiger partial charge is 0.240 e. The van der Waals surface area contributed by atoms with Crippen LogP contribution in [-0.2, 0) is 20.7 Å². The molecule has 0 saturated carbocycles. The molecule has 0 aromatic heterocycles. The topological polar surface area (TPSA) is 62.3 Å². The van der Waals surface area contributed by atoms with Crippen LogP contribution in [-0.4, -0.2) is 92.7 Å². The van der Waals surface area contributed by atoms with E-state index in [0.29, 0.717) is 43.4 Å². The zero-order valence-corrected chi connectivity index (χ0v) is 18.0. The first-order chi connectivity index (χ1) is 14.0. The van der Waals surface area contributed by atoms with Crippen molar-refractivity contribution in [2.24, 2.45) is 0 Å². The Morgan fingerprint density at radius 3 is 2.72 bits per heavy atom. The first-order valence-corrected chi connectivity index (χ1v) is 10.5. The van der Waals surface area contributed by atoms with Crippen molar-refractivity contribution in [1.82, 2.24) is 14.7 Å². The average molecular weight is 424 g/mol. The zero-order valence-electron chi connectivity index (χ0n) is 17.2. The van der Waals surface area contributed by atoms with E-state index in [2.05, 4.69) is 4.90 Å². The van der Waals surface area contributed by atoms with E-state index in [-0.39, 0.29) is 17.9 Å². The van der Waals surface area contributed by atoms with Gasteiger partial charge < -0.3 is 19.3 Å². The molecular weight excluding hydrogens is 394 g/mol. The summed E-state index contributed by atoms with van der Waals surface area (Å²) >= 11 is 6.17. The van der Waals surface area contributed by atoms with Crippen LogP contribution < -0.4 is 4.74 Å². The van der Waals surface area contributed by atoms with E-state index < -0.39 is 0 Å². The summed E-state index contributed by atoms with van der Waals surface area (Å²) in [5, 5.41) is 0.512. The molecule has 2 aliphatic heterocycles. The number of hydrogen-bond acceptors (Lipinski definition) is 5. The lowest BCUT2D eigenvalue weighted by Crippen LogP contribution is -2.44. The molecule has 160 valence electrons. The molecule has 7 nitrogen and oxygen atoms in total. The van der Waals surface area contributed by atoms with Crippen LogP contribution in [0.3, 0.4) is 0 Å². The number of hydrogen-bond donors (Lipinski definition) is 0. The number of methoxy groups -OCH3 is 2. The number of nitrogens with zero attached hydrogens (tertiary/aromatic N) is 3. The van der Waals surface area contributed by atoms with E-state index in [0.717, 1.165) is 38.0 Å². The van der Waals surface area contributed by atoms with E-state index in [1.54, 1.807) is 26.4 Å². The number of halogens is 1. The second-order valence-corrected chi connectivity index (χ2v) is 7.95. The number of carbonyl (C=O) groups excluding carboxylic acids is 2. The second-order valence-electron chi connectivity index (χ2n) is 7.54. The van der Waals surface area contributed by atoms with Crippen LogP contribution in [0.2, 0.25) is 5.02 Å². The molecule has 2 amide bonds. The highest BCUT2D eigenvalue weighted by Crippen LogP contribution is 2.25. The lowest BCUT2D eigenvalue weighted by Gasteiger charge is -2.26. The molecule has 2 fully saturated rings. The Bertz CT molecular complexity index is 730. The maximum atomic E-state index is 12.8.